The number of benzene rings is 1. The maximum absolute atomic E-state index is 11.9. The molecule has 6 heteroatoms. The Kier molecular flexibility index (Phi) is 4.71. The zero-order valence-corrected chi connectivity index (χ0v) is 11.4. The van der Waals surface area contributed by atoms with Crippen LogP contribution in [0, 0.1) is 0 Å². The van der Waals surface area contributed by atoms with E-state index in [1.54, 1.807) is 4.90 Å². The number of carbonyl (C=O) groups excluding carboxylic acids is 2. The van der Waals surface area contributed by atoms with Crippen molar-refractivity contribution in [1.29, 1.82) is 0 Å². The van der Waals surface area contributed by atoms with Gasteiger partial charge in [-0.2, -0.15) is 0 Å². The number of carboxylic acid groups (broad SMARTS) is 1. The van der Waals surface area contributed by atoms with Gasteiger partial charge in [0.25, 0.3) is 5.91 Å². The van der Waals surface area contributed by atoms with Crippen molar-refractivity contribution in [2.24, 2.45) is 0 Å². The SMILES string of the molecule is O=C(O)C=CC(=O)NC(=O)N1CCC(c2ccccc2)C1. The molecular formula is C15H16N2O4. The number of imide groups is 1. The third kappa shape index (κ3) is 4.17. The van der Waals surface area contributed by atoms with Gasteiger partial charge in [0.15, 0.2) is 0 Å². The smallest absolute Gasteiger partial charge is 0.328 e. The fourth-order valence-corrected chi connectivity index (χ4v) is 2.32. The Morgan fingerprint density at radius 2 is 1.90 bits per heavy atom. The van der Waals surface area contributed by atoms with E-state index in [0.29, 0.717) is 19.2 Å². The maximum Gasteiger partial charge on any atom is 0.328 e. The van der Waals surface area contributed by atoms with Crippen molar-refractivity contribution in [3.05, 3.63) is 48.0 Å². The monoisotopic (exact) mass is 288 g/mol. The van der Waals surface area contributed by atoms with Crippen molar-refractivity contribution < 1.29 is 19.5 Å². The molecule has 0 spiro atoms. The first-order valence-electron chi connectivity index (χ1n) is 6.62. The maximum atomic E-state index is 11.9. The molecule has 1 heterocycles. The minimum atomic E-state index is -1.23. The zero-order valence-electron chi connectivity index (χ0n) is 11.4. The molecule has 6 nitrogen and oxygen atoms in total. The average Bonchev–Trinajstić information content (AvgIpc) is 2.96. The third-order valence-electron chi connectivity index (χ3n) is 3.35. The molecule has 0 aromatic heterocycles. The summed E-state index contributed by atoms with van der Waals surface area (Å²) in [5, 5.41) is 10.6. The molecule has 110 valence electrons. The summed E-state index contributed by atoms with van der Waals surface area (Å²) in [6.07, 6.45) is 2.36. The molecule has 1 aliphatic rings. The van der Waals surface area contributed by atoms with Crippen molar-refractivity contribution in [1.82, 2.24) is 10.2 Å². The quantitative estimate of drug-likeness (QED) is 0.822. The van der Waals surface area contributed by atoms with Gasteiger partial charge in [-0.15, -0.1) is 0 Å². The van der Waals surface area contributed by atoms with E-state index in [0.717, 1.165) is 12.5 Å². The number of likely N-dealkylation sites (tertiary alicyclic amines) is 1. The molecule has 1 aromatic rings. The number of hydrogen-bond acceptors (Lipinski definition) is 3. The van der Waals surface area contributed by atoms with Gasteiger partial charge in [-0.1, -0.05) is 30.3 Å². The number of urea groups is 1. The van der Waals surface area contributed by atoms with Crippen LogP contribution in [-0.4, -0.2) is 41.0 Å². The van der Waals surface area contributed by atoms with E-state index >= 15 is 0 Å². The number of amides is 3. The number of rotatable bonds is 3. The van der Waals surface area contributed by atoms with E-state index in [-0.39, 0.29) is 5.92 Å². The summed E-state index contributed by atoms with van der Waals surface area (Å²) in [4.78, 5) is 35.1. The molecule has 21 heavy (non-hydrogen) atoms. The molecule has 2 rings (SSSR count). The fourth-order valence-electron chi connectivity index (χ4n) is 2.32. The summed E-state index contributed by atoms with van der Waals surface area (Å²) in [6, 6.07) is 9.40. The Balaban J connectivity index is 1.88. The standard InChI is InChI=1S/C15H16N2O4/c18-13(6-7-14(19)20)16-15(21)17-9-8-12(10-17)11-4-2-1-3-5-11/h1-7,12H,8-10H2,(H,19,20)(H,16,18,21). The van der Waals surface area contributed by atoms with Gasteiger partial charge < -0.3 is 10.0 Å². The Morgan fingerprint density at radius 1 is 1.19 bits per heavy atom. The summed E-state index contributed by atoms with van der Waals surface area (Å²) in [7, 11) is 0. The molecule has 0 bridgehead atoms. The summed E-state index contributed by atoms with van der Waals surface area (Å²) in [5.41, 5.74) is 1.17. The van der Waals surface area contributed by atoms with E-state index < -0.39 is 17.9 Å². The lowest BCUT2D eigenvalue weighted by Crippen LogP contribution is -2.41. The van der Waals surface area contributed by atoms with Crippen LogP contribution in [0.25, 0.3) is 0 Å². The van der Waals surface area contributed by atoms with Crippen molar-refractivity contribution in [2.75, 3.05) is 13.1 Å². The van der Waals surface area contributed by atoms with E-state index in [2.05, 4.69) is 5.32 Å². The molecule has 0 radical (unpaired) electrons. The van der Waals surface area contributed by atoms with E-state index in [9.17, 15) is 14.4 Å². The first-order chi connectivity index (χ1) is 10.1. The highest BCUT2D eigenvalue weighted by molar-refractivity contribution is 6.02. The second kappa shape index (κ2) is 6.69. The second-order valence-corrected chi connectivity index (χ2v) is 4.81. The van der Waals surface area contributed by atoms with Crippen molar-refractivity contribution >= 4 is 17.9 Å². The largest absolute Gasteiger partial charge is 0.478 e. The first kappa shape index (κ1) is 14.8. The van der Waals surface area contributed by atoms with Crippen molar-refractivity contribution in [2.45, 2.75) is 12.3 Å². The van der Waals surface area contributed by atoms with Gasteiger partial charge in [0.2, 0.25) is 0 Å². The van der Waals surface area contributed by atoms with Crippen LogP contribution in [0.15, 0.2) is 42.5 Å². The number of nitrogens with zero attached hydrogens (tertiary/aromatic N) is 1. The van der Waals surface area contributed by atoms with Gasteiger partial charge in [0.05, 0.1) is 0 Å². The lowest BCUT2D eigenvalue weighted by molar-refractivity contribution is -0.131. The van der Waals surface area contributed by atoms with Gasteiger partial charge >= 0.3 is 12.0 Å². The zero-order chi connectivity index (χ0) is 15.2. The highest BCUT2D eigenvalue weighted by Gasteiger charge is 2.27. The highest BCUT2D eigenvalue weighted by atomic mass is 16.4. The lowest BCUT2D eigenvalue weighted by atomic mass is 9.99. The van der Waals surface area contributed by atoms with Crippen LogP contribution in [0.5, 0.6) is 0 Å². The summed E-state index contributed by atoms with van der Waals surface area (Å²) >= 11 is 0. The Morgan fingerprint density at radius 3 is 2.57 bits per heavy atom. The minimum absolute atomic E-state index is 0.265. The van der Waals surface area contributed by atoms with Crippen LogP contribution in [0.1, 0.15) is 17.9 Å². The molecule has 1 saturated heterocycles. The molecule has 1 aromatic carbocycles. The number of aliphatic carboxylic acids is 1. The summed E-state index contributed by atoms with van der Waals surface area (Å²) < 4.78 is 0. The van der Waals surface area contributed by atoms with E-state index in [1.165, 1.54) is 5.56 Å². The minimum Gasteiger partial charge on any atom is -0.478 e. The molecule has 3 amide bonds. The van der Waals surface area contributed by atoms with Gasteiger partial charge in [-0.3, -0.25) is 10.1 Å². The predicted molar refractivity (Wildman–Crippen MR) is 75.7 cm³/mol. The number of nitrogens with one attached hydrogen (secondary N) is 1. The van der Waals surface area contributed by atoms with Crippen LogP contribution in [0.3, 0.4) is 0 Å². The van der Waals surface area contributed by atoms with E-state index in [4.69, 9.17) is 5.11 Å². The second-order valence-electron chi connectivity index (χ2n) is 4.81. The van der Waals surface area contributed by atoms with Crippen LogP contribution < -0.4 is 5.32 Å². The van der Waals surface area contributed by atoms with Gasteiger partial charge in [0, 0.05) is 31.2 Å². The van der Waals surface area contributed by atoms with Gasteiger partial charge in [-0.25, -0.2) is 9.59 Å². The molecule has 1 aliphatic heterocycles. The van der Waals surface area contributed by atoms with Gasteiger partial charge in [0.1, 0.15) is 0 Å². The molecule has 1 fully saturated rings. The average molecular weight is 288 g/mol. The third-order valence-corrected chi connectivity index (χ3v) is 3.35. The first-order valence-corrected chi connectivity index (χ1v) is 6.62. The Hall–Kier alpha value is -2.63. The number of carbonyl (C=O) groups is 3. The van der Waals surface area contributed by atoms with Crippen molar-refractivity contribution in [3.8, 4) is 0 Å². The molecule has 0 saturated carbocycles. The van der Waals surface area contributed by atoms with Crippen LogP contribution in [-0.2, 0) is 9.59 Å². The topological polar surface area (TPSA) is 86.7 Å². The van der Waals surface area contributed by atoms with E-state index in [1.807, 2.05) is 30.3 Å². The van der Waals surface area contributed by atoms with Crippen LogP contribution >= 0.6 is 0 Å². The highest BCUT2D eigenvalue weighted by Crippen LogP contribution is 2.26. The predicted octanol–water partition coefficient (Wildman–Crippen LogP) is 1.35. The van der Waals surface area contributed by atoms with Crippen LogP contribution in [0.2, 0.25) is 0 Å². The molecule has 2 N–H and O–H groups in total. The molecule has 0 aliphatic carbocycles. The van der Waals surface area contributed by atoms with Crippen LogP contribution in [0.4, 0.5) is 4.79 Å². The summed E-state index contributed by atoms with van der Waals surface area (Å²) in [5.74, 6) is -1.70. The molecular weight excluding hydrogens is 272 g/mol. The fraction of sp³-hybridized carbons (Fsp3) is 0.267. The lowest BCUT2D eigenvalue weighted by Gasteiger charge is -2.16. The Bertz CT molecular complexity index is 568. The summed E-state index contributed by atoms with van der Waals surface area (Å²) in [6.45, 7) is 1.12. The van der Waals surface area contributed by atoms with Gasteiger partial charge in [-0.05, 0) is 12.0 Å². The van der Waals surface area contributed by atoms with Crippen molar-refractivity contribution in [3.63, 3.8) is 0 Å². The number of hydrogen-bond donors (Lipinski definition) is 2. The number of carboxylic acids is 1. The molecule has 1 unspecified atom stereocenters. The normalized spacial score (nSPS) is 17.9. The molecule has 1 atom stereocenters. The Labute approximate surface area is 122 Å².